The van der Waals surface area contributed by atoms with Crippen LogP contribution in [0.1, 0.15) is 5.56 Å². The molecule has 82 valence electrons. The topological polar surface area (TPSA) is 63.4 Å². The normalized spacial score (nSPS) is 11.7. The highest BCUT2D eigenvalue weighted by atomic mass is 32.2. The van der Waals surface area contributed by atoms with Crippen molar-refractivity contribution in [1.29, 1.82) is 0 Å². The number of hydrogen-bond donors (Lipinski definition) is 1. The Kier molecular flexibility index (Phi) is 3.43. The standard InChI is InChI=1S/C9H12N2O2S2/c1-11(2)15(12,13)8-5-3-7(4-6-8)9(10)14/h3-6H,1-2H3,(H2,10,14). The molecule has 0 bridgehead atoms. The Hall–Kier alpha value is -0.980. The van der Waals surface area contributed by atoms with Gasteiger partial charge >= 0.3 is 0 Å². The van der Waals surface area contributed by atoms with Gasteiger partial charge in [0.25, 0.3) is 0 Å². The van der Waals surface area contributed by atoms with Crippen LogP contribution in [-0.2, 0) is 10.0 Å². The molecule has 0 saturated carbocycles. The molecule has 2 N–H and O–H groups in total. The van der Waals surface area contributed by atoms with Crippen LogP contribution in [0.5, 0.6) is 0 Å². The van der Waals surface area contributed by atoms with Crippen molar-refractivity contribution >= 4 is 27.2 Å². The first-order valence-corrected chi connectivity index (χ1v) is 6.03. The van der Waals surface area contributed by atoms with Gasteiger partial charge < -0.3 is 5.73 Å². The molecule has 6 heteroatoms. The number of sulfonamides is 1. The van der Waals surface area contributed by atoms with Crippen LogP contribution in [-0.4, -0.2) is 31.8 Å². The predicted molar refractivity (Wildman–Crippen MR) is 63.2 cm³/mol. The lowest BCUT2D eigenvalue weighted by Crippen LogP contribution is -2.22. The minimum Gasteiger partial charge on any atom is -0.389 e. The zero-order valence-corrected chi connectivity index (χ0v) is 10.1. The second-order valence-corrected chi connectivity index (χ2v) is 5.77. The largest absolute Gasteiger partial charge is 0.389 e. The average molecular weight is 244 g/mol. The summed E-state index contributed by atoms with van der Waals surface area (Å²) in [6.45, 7) is 0. The van der Waals surface area contributed by atoms with Crippen molar-refractivity contribution in [2.75, 3.05) is 14.1 Å². The molecule has 4 nitrogen and oxygen atoms in total. The fourth-order valence-corrected chi connectivity index (χ4v) is 2.04. The first kappa shape index (κ1) is 12.1. The van der Waals surface area contributed by atoms with Gasteiger partial charge in [0.2, 0.25) is 10.0 Å². The Morgan fingerprint density at radius 2 is 1.73 bits per heavy atom. The Bertz CT molecular complexity index is 463. The van der Waals surface area contributed by atoms with E-state index in [1.165, 1.54) is 26.2 Å². The van der Waals surface area contributed by atoms with Crippen molar-refractivity contribution < 1.29 is 8.42 Å². The fraction of sp³-hybridized carbons (Fsp3) is 0.222. The van der Waals surface area contributed by atoms with Gasteiger partial charge in [0.1, 0.15) is 4.99 Å². The summed E-state index contributed by atoms with van der Waals surface area (Å²) in [7, 11) is -0.404. The third-order valence-electron chi connectivity index (χ3n) is 1.92. The second kappa shape index (κ2) is 4.26. The summed E-state index contributed by atoms with van der Waals surface area (Å²) in [6, 6.07) is 6.17. The van der Waals surface area contributed by atoms with Gasteiger partial charge in [0.15, 0.2) is 0 Å². The van der Waals surface area contributed by atoms with E-state index in [1.54, 1.807) is 12.1 Å². The number of benzene rings is 1. The Morgan fingerprint density at radius 3 is 2.07 bits per heavy atom. The van der Waals surface area contributed by atoms with Crippen LogP contribution in [0.3, 0.4) is 0 Å². The molecule has 1 rings (SSSR count). The molecule has 1 aromatic carbocycles. The van der Waals surface area contributed by atoms with Gasteiger partial charge in [-0.2, -0.15) is 0 Å². The van der Waals surface area contributed by atoms with Crippen LogP contribution >= 0.6 is 12.2 Å². The van der Waals surface area contributed by atoms with Crippen LogP contribution in [0.25, 0.3) is 0 Å². The zero-order valence-electron chi connectivity index (χ0n) is 8.47. The van der Waals surface area contributed by atoms with E-state index in [1.807, 2.05) is 0 Å². The third kappa shape index (κ3) is 2.53. The van der Waals surface area contributed by atoms with E-state index < -0.39 is 10.0 Å². The monoisotopic (exact) mass is 244 g/mol. The molecule has 0 aliphatic heterocycles. The molecule has 0 fully saturated rings. The molecule has 0 aromatic heterocycles. The maximum atomic E-state index is 11.7. The SMILES string of the molecule is CN(C)S(=O)(=O)c1ccc(C(N)=S)cc1. The van der Waals surface area contributed by atoms with Crippen molar-refractivity contribution in [2.24, 2.45) is 5.73 Å². The Labute approximate surface area is 94.7 Å². The number of rotatable bonds is 3. The first-order chi connectivity index (χ1) is 6.85. The third-order valence-corrected chi connectivity index (χ3v) is 3.98. The average Bonchev–Trinajstić information content (AvgIpc) is 2.17. The van der Waals surface area contributed by atoms with E-state index in [2.05, 4.69) is 0 Å². The highest BCUT2D eigenvalue weighted by Crippen LogP contribution is 2.13. The number of hydrogen-bond acceptors (Lipinski definition) is 3. The van der Waals surface area contributed by atoms with E-state index in [0.29, 0.717) is 5.56 Å². The molecule has 0 aliphatic carbocycles. The summed E-state index contributed by atoms with van der Waals surface area (Å²) in [5, 5.41) is 0. The van der Waals surface area contributed by atoms with Crippen molar-refractivity contribution in [1.82, 2.24) is 4.31 Å². The van der Waals surface area contributed by atoms with Crippen molar-refractivity contribution in [3.05, 3.63) is 29.8 Å². The van der Waals surface area contributed by atoms with Crippen LogP contribution in [0, 0.1) is 0 Å². The molecule has 0 spiro atoms. The molecule has 0 amide bonds. The van der Waals surface area contributed by atoms with Gasteiger partial charge in [-0.15, -0.1) is 0 Å². The second-order valence-electron chi connectivity index (χ2n) is 3.18. The van der Waals surface area contributed by atoms with Gasteiger partial charge in [0, 0.05) is 19.7 Å². The maximum absolute atomic E-state index is 11.7. The predicted octanol–water partition coefficient (Wildman–Crippen LogP) is 0.571. The van der Waals surface area contributed by atoms with Crippen LogP contribution in [0.4, 0.5) is 0 Å². The number of nitrogens with two attached hydrogens (primary N) is 1. The summed E-state index contributed by atoms with van der Waals surface area (Å²) < 4.78 is 24.5. The van der Waals surface area contributed by atoms with Crippen LogP contribution in [0.15, 0.2) is 29.2 Å². The summed E-state index contributed by atoms with van der Waals surface area (Å²) in [6.07, 6.45) is 0. The molecule has 1 aromatic rings. The van der Waals surface area contributed by atoms with Gasteiger partial charge in [0.05, 0.1) is 4.90 Å². The zero-order chi connectivity index (χ0) is 11.6. The summed E-state index contributed by atoms with van der Waals surface area (Å²) >= 11 is 4.77. The van der Waals surface area contributed by atoms with E-state index in [-0.39, 0.29) is 9.88 Å². The molecule has 0 unspecified atom stereocenters. The Balaban J connectivity index is 3.15. The quantitative estimate of drug-likeness (QED) is 0.790. The van der Waals surface area contributed by atoms with Gasteiger partial charge in [-0.1, -0.05) is 24.4 Å². The number of nitrogens with zero attached hydrogens (tertiary/aromatic N) is 1. The van der Waals surface area contributed by atoms with Gasteiger partial charge in [-0.3, -0.25) is 0 Å². The molecular weight excluding hydrogens is 232 g/mol. The summed E-state index contributed by atoms with van der Waals surface area (Å²) in [5.74, 6) is 0. The van der Waals surface area contributed by atoms with E-state index >= 15 is 0 Å². The highest BCUT2D eigenvalue weighted by Gasteiger charge is 2.16. The van der Waals surface area contributed by atoms with Gasteiger partial charge in [-0.05, 0) is 12.1 Å². The van der Waals surface area contributed by atoms with E-state index in [4.69, 9.17) is 18.0 Å². The highest BCUT2D eigenvalue weighted by molar-refractivity contribution is 7.89. The maximum Gasteiger partial charge on any atom is 0.242 e. The molecule has 0 heterocycles. The van der Waals surface area contributed by atoms with Crippen molar-refractivity contribution in [3.8, 4) is 0 Å². The molecule has 15 heavy (non-hydrogen) atoms. The van der Waals surface area contributed by atoms with Crippen LogP contribution < -0.4 is 5.73 Å². The van der Waals surface area contributed by atoms with E-state index in [0.717, 1.165) is 4.31 Å². The first-order valence-electron chi connectivity index (χ1n) is 4.18. The lowest BCUT2D eigenvalue weighted by molar-refractivity contribution is 0.521. The summed E-state index contributed by atoms with van der Waals surface area (Å²) in [4.78, 5) is 0.483. The Morgan fingerprint density at radius 1 is 1.27 bits per heavy atom. The molecule has 0 saturated heterocycles. The molecule has 0 atom stereocenters. The minimum absolute atomic E-state index is 0.229. The fourth-order valence-electron chi connectivity index (χ4n) is 1.00. The molecular formula is C9H12N2O2S2. The van der Waals surface area contributed by atoms with Crippen molar-refractivity contribution in [3.63, 3.8) is 0 Å². The van der Waals surface area contributed by atoms with E-state index in [9.17, 15) is 8.42 Å². The lowest BCUT2D eigenvalue weighted by atomic mass is 10.2. The van der Waals surface area contributed by atoms with Gasteiger partial charge in [-0.25, -0.2) is 12.7 Å². The van der Waals surface area contributed by atoms with Crippen molar-refractivity contribution in [2.45, 2.75) is 4.90 Å². The molecule has 0 aliphatic rings. The minimum atomic E-state index is -3.37. The van der Waals surface area contributed by atoms with Crippen LogP contribution in [0.2, 0.25) is 0 Å². The summed E-state index contributed by atoms with van der Waals surface area (Å²) in [5.41, 5.74) is 6.06. The lowest BCUT2D eigenvalue weighted by Gasteiger charge is -2.11. The smallest absolute Gasteiger partial charge is 0.242 e. The number of thiocarbonyl (C=S) groups is 1. The molecule has 0 radical (unpaired) electrons.